The maximum atomic E-state index is 11.1. The molecule has 15 heavy (non-hydrogen) atoms. The minimum atomic E-state index is -0.330. The molecule has 0 radical (unpaired) electrons. The van der Waals surface area contributed by atoms with Crippen LogP contribution in [0.15, 0.2) is 29.2 Å². The number of nitriles is 1. The standard InChI is InChI=1S/C11H11NO2S/c1-14-11(13)9-3-5-10(6-4-9)15-8-2-7-12/h3-6H,2,8H2,1H3. The Labute approximate surface area is 93.0 Å². The largest absolute Gasteiger partial charge is 0.465 e. The van der Waals surface area contributed by atoms with E-state index in [-0.39, 0.29) is 5.97 Å². The summed E-state index contributed by atoms with van der Waals surface area (Å²) in [7, 11) is 1.36. The molecule has 0 amide bonds. The highest BCUT2D eigenvalue weighted by Gasteiger charge is 2.03. The van der Waals surface area contributed by atoms with Gasteiger partial charge in [0.05, 0.1) is 18.7 Å². The van der Waals surface area contributed by atoms with Crippen LogP contribution in [-0.4, -0.2) is 18.8 Å². The number of nitrogens with zero attached hydrogens (tertiary/aromatic N) is 1. The molecule has 78 valence electrons. The van der Waals surface area contributed by atoms with Crippen LogP contribution in [0.25, 0.3) is 0 Å². The second kappa shape index (κ2) is 6.10. The summed E-state index contributed by atoms with van der Waals surface area (Å²) in [6.07, 6.45) is 0.531. The molecule has 0 aromatic heterocycles. The summed E-state index contributed by atoms with van der Waals surface area (Å²) in [4.78, 5) is 12.2. The molecule has 0 N–H and O–H groups in total. The first kappa shape index (κ1) is 11.6. The van der Waals surface area contributed by atoms with Gasteiger partial charge in [-0.1, -0.05) is 0 Å². The molecule has 3 nitrogen and oxygen atoms in total. The lowest BCUT2D eigenvalue weighted by Gasteiger charge is -2.01. The second-order valence-corrected chi connectivity index (χ2v) is 3.94. The third-order valence-corrected chi connectivity index (χ3v) is 2.77. The Bertz CT molecular complexity index is 367. The van der Waals surface area contributed by atoms with Crippen LogP contribution >= 0.6 is 11.8 Å². The number of esters is 1. The van der Waals surface area contributed by atoms with Crippen LogP contribution in [0.4, 0.5) is 0 Å². The van der Waals surface area contributed by atoms with Crippen molar-refractivity contribution < 1.29 is 9.53 Å². The van der Waals surface area contributed by atoms with Crippen molar-refractivity contribution in [2.24, 2.45) is 0 Å². The number of rotatable bonds is 4. The highest BCUT2D eigenvalue weighted by Crippen LogP contribution is 2.19. The second-order valence-electron chi connectivity index (χ2n) is 2.77. The predicted octanol–water partition coefficient (Wildman–Crippen LogP) is 2.48. The predicted molar refractivity (Wildman–Crippen MR) is 58.7 cm³/mol. The van der Waals surface area contributed by atoms with Crippen molar-refractivity contribution in [3.63, 3.8) is 0 Å². The fourth-order valence-corrected chi connectivity index (χ4v) is 1.78. The van der Waals surface area contributed by atoms with E-state index in [0.717, 1.165) is 10.6 Å². The molecule has 0 aliphatic heterocycles. The molecule has 1 aromatic rings. The third-order valence-electron chi connectivity index (χ3n) is 1.76. The van der Waals surface area contributed by atoms with Gasteiger partial charge in [0.1, 0.15) is 0 Å². The summed E-state index contributed by atoms with van der Waals surface area (Å²) >= 11 is 1.60. The monoisotopic (exact) mass is 221 g/mol. The van der Waals surface area contributed by atoms with Crippen LogP contribution in [0.3, 0.4) is 0 Å². The summed E-state index contributed by atoms with van der Waals surface area (Å²) in [6, 6.07) is 9.24. The maximum Gasteiger partial charge on any atom is 0.337 e. The van der Waals surface area contributed by atoms with E-state index in [1.54, 1.807) is 23.9 Å². The molecule has 1 rings (SSSR count). The van der Waals surface area contributed by atoms with Gasteiger partial charge < -0.3 is 4.74 Å². The lowest BCUT2D eigenvalue weighted by atomic mass is 10.2. The van der Waals surface area contributed by atoms with Gasteiger partial charge >= 0.3 is 5.97 Å². The minimum absolute atomic E-state index is 0.330. The molecule has 0 bridgehead atoms. The average molecular weight is 221 g/mol. The Morgan fingerprint density at radius 3 is 2.67 bits per heavy atom. The van der Waals surface area contributed by atoms with Crippen LogP contribution in [0.1, 0.15) is 16.8 Å². The highest BCUT2D eigenvalue weighted by atomic mass is 32.2. The molecule has 1 aromatic carbocycles. The maximum absolute atomic E-state index is 11.1. The molecule has 0 unspecified atom stereocenters. The first-order valence-corrected chi connectivity index (χ1v) is 5.44. The number of hydrogen-bond donors (Lipinski definition) is 0. The van der Waals surface area contributed by atoms with Gasteiger partial charge in [-0.25, -0.2) is 4.79 Å². The van der Waals surface area contributed by atoms with Crippen LogP contribution in [0, 0.1) is 11.3 Å². The first-order valence-electron chi connectivity index (χ1n) is 4.46. The van der Waals surface area contributed by atoms with Crippen molar-refractivity contribution >= 4 is 17.7 Å². The molecule has 0 atom stereocenters. The van der Waals surface area contributed by atoms with Crippen molar-refractivity contribution in [3.8, 4) is 6.07 Å². The SMILES string of the molecule is COC(=O)c1ccc(SCCC#N)cc1. The van der Waals surface area contributed by atoms with Gasteiger partial charge in [-0.3, -0.25) is 0 Å². The number of methoxy groups -OCH3 is 1. The fraction of sp³-hybridized carbons (Fsp3) is 0.273. The van der Waals surface area contributed by atoms with Gasteiger partial charge in [0.15, 0.2) is 0 Å². The van der Waals surface area contributed by atoms with Crippen LogP contribution in [0.5, 0.6) is 0 Å². The normalized spacial score (nSPS) is 9.33. The Morgan fingerprint density at radius 1 is 1.47 bits per heavy atom. The Balaban J connectivity index is 2.57. The van der Waals surface area contributed by atoms with E-state index >= 15 is 0 Å². The zero-order valence-electron chi connectivity index (χ0n) is 8.40. The summed E-state index contributed by atoms with van der Waals surface area (Å²) in [5.41, 5.74) is 0.544. The van der Waals surface area contributed by atoms with E-state index < -0.39 is 0 Å². The number of carbonyl (C=O) groups is 1. The van der Waals surface area contributed by atoms with E-state index in [9.17, 15) is 4.79 Å². The van der Waals surface area contributed by atoms with E-state index in [2.05, 4.69) is 10.8 Å². The van der Waals surface area contributed by atoms with Crippen LogP contribution < -0.4 is 0 Å². The molecule has 0 aliphatic rings. The lowest BCUT2D eigenvalue weighted by Crippen LogP contribution is -2.00. The van der Waals surface area contributed by atoms with Crippen molar-refractivity contribution in [2.45, 2.75) is 11.3 Å². The summed E-state index contributed by atoms with van der Waals surface area (Å²) < 4.78 is 4.59. The molecular weight excluding hydrogens is 210 g/mol. The average Bonchev–Trinajstić information content (AvgIpc) is 2.29. The molecule has 4 heteroatoms. The van der Waals surface area contributed by atoms with Gasteiger partial charge in [-0.15, -0.1) is 11.8 Å². The van der Waals surface area contributed by atoms with E-state index in [4.69, 9.17) is 5.26 Å². The van der Waals surface area contributed by atoms with E-state index in [0.29, 0.717) is 12.0 Å². The molecule has 0 aliphatic carbocycles. The van der Waals surface area contributed by atoms with Crippen molar-refractivity contribution in [3.05, 3.63) is 29.8 Å². The van der Waals surface area contributed by atoms with Crippen LogP contribution in [-0.2, 0) is 4.74 Å². The third kappa shape index (κ3) is 3.64. The summed E-state index contributed by atoms with van der Waals surface area (Å²) in [6.45, 7) is 0. The van der Waals surface area contributed by atoms with E-state index in [1.165, 1.54) is 7.11 Å². The number of benzene rings is 1. The molecule has 0 fully saturated rings. The zero-order chi connectivity index (χ0) is 11.1. The summed E-state index contributed by atoms with van der Waals surface area (Å²) in [5.74, 6) is 0.442. The van der Waals surface area contributed by atoms with Crippen molar-refractivity contribution in [1.82, 2.24) is 0 Å². The number of carbonyl (C=O) groups excluding carboxylic acids is 1. The molecule has 0 heterocycles. The molecule has 0 saturated carbocycles. The number of hydrogen-bond acceptors (Lipinski definition) is 4. The quantitative estimate of drug-likeness (QED) is 0.445. The fourth-order valence-electron chi connectivity index (χ4n) is 1.02. The van der Waals surface area contributed by atoms with Gasteiger partial charge in [0.25, 0.3) is 0 Å². The first-order chi connectivity index (χ1) is 7.27. The Kier molecular flexibility index (Phi) is 4.72. The molecule has 0 saturated heterocycles. The number of thioether (sulfide) groups is 1. The smallest absolute Gasteiger partial charge is 0.337 e. The number of ether oxygens (including phenoxy) is 1. The Hall–Kier alpha value is -1.47. The van der Waals surface area contributed by atoms with Gasteiger partial charge in [0, 0.05) is 17.1 Å². The highest BCUT2D eigenvalue weighted by molar-refractivity contribution is 7.99. The van der Waals surface area contributed by atoms with Gasteiger partial charge in [-0.2, -0.15) is 5.26 Å². The topological polar surface area (TPSA) is 50.1 Å². The lowest BCUT2D eigenvalue weighted by molar-refractivity contribution is 0.0600. The van der Waals surface area contributed by atoms with Gasteiger partial charge in [-0.05, 0) is 24.3 Å². The summed E-state index contributed by atoms with van der Waals surface area (Å²) in [5, 5.41) is 8.37. The minimum Gasteiger partial charge on any atom is -0.465 e. The Morgan fingerprint density at radius 2 is 2.13 bits per heavy atom. The van der Waals surface area contributed by atoms with E-state index in [1.807, 2.05) is 12.1 Å². The molecule has 0 spiro atoms. The van der Waals surface area contributed by atoms with Crippen molar-refractivity contribution in [2.75, 3.05) is 12.9 Å². The van der Waals surface area contributed by atoms with Crippen molar-refractivity contribution in [1.29, 1.82) is 5.26 Å². The molecular formula is C11H11NO2S. The zero-order valence-corrected chi connectivity index (χ0v) is 9.21. The van der Waals surface area contributed by atoms with Crippen LogP contribution in [0.2, 0.25) is 0 Å². The van der Waals surface area contributed by atoms with Gasteiger partial charge in [0.2, 0.25) is 0 Å².